The average molecular weight is 237 g/mol. The van der Waals surface area contributed by atoms with Crippen LogP contribution in [0.3, 0.4) is 0 Å². The summed E-state index contributed by atoms with van der Waals surface area (Å²) < 4.78 is 0. The molecule has 1 fully saturated rings. The van der Waals surface area contributed by atoms with Crippen LogP contribution in [0.1, 0.15) is 58.1 Å². The first-order chi connectivity index (χ1) is 7.59. The molecule has 90 valence electrons. The Bertz CT molecular complexity index is 309. The van der Waals surface area contributed by atoms with Crippen LogP contribution < -0.4 is 5.32 Å². The van der Waals surface area contributed by atoms with Gasteiger partial charge in [0.2, 0.25) is 0 Å². The maximum Gasteiger partial charge on any atom is 0.0305 e. The number of nitrogens with one attached hydrogen (secondary N) is 1. The third kappa shape index (κ3) is 2.67. The molecule has 1 unspecified atom stereocenters. The van der Waals surface area contributed by atoms with Crippen LogP contribution in [0, 0.1) is 5.92 Å². The standard InChI is InChI=1S/C14H23NS/c1-11(12-8-9-16-10-12)15-14(2,3)13-6-4-5-7-13/h8-11,13,15H,4-7H2,1-3H3. The Hall–Kier alpha value is -0.340. The Balaban J connectivity index is 1.97. The predicted octanol–water partition coefficient (Wildman–Crippen LogP) is 4.37. The van der Waals surface area contributed by atoms with Gasteiger partial charge in [0, 0.05) is 11.6 Å². The third-order valence-corrected chi connectivity index (χ3v) is 4.71. The SMILES string of the molecule is CC(NC(C)(C)C1CCCC1)c1ccsc1. The predicted molar refractivity (Wildman–Crippen MR) is 71.9 cm³/mol. The van der Waals surface area contributed by atoms with Gasteiger partial charge in [0.05, 0.1) is 0 Å². The van der Waals surface area contributed by atoms with Crippen molar-refractivity contribution in [2.24, 2.45) is 5.92 Å². The maximum atomic E-state index is 3.81. The molecule has 0 amide bonds. The van der Waals surface area contributed by atoms with Gasteiger partial charge in [-0.05, 0) is 61.9 Å². The number of rotatable bonds is 4. The summed E-state index contributed by atoms with van der Waals surface area (Å²) in [5, 5.41) is 8.22. The summed E-state index contributed by atoms with van der Waals surface area (Å²) in [6, 6.07) is 2.70. The highest BCUT2D eigenvalue weighted by Gasteiger charge is 2.32. The molecular formula is C14H23NS. The molecule has 1 aromatic rings. The van der Waals surface area contributed by atoms with E-state index in [0.29, 0.717) is 6.04 Å². The van der Waals surface area contributed by atoms with Crippen LogP contribution in [-0.2, 0) is 0 Å². The number of thiophene rings is 1. The van der Waals surface area contributed by atoms with Crippen molar-refractivity contribution in [2.45, 2.75) is 58.0 Å². The van der Waals surface area contributed by atoms with Crippen molar-refractivity contribution in [2.75, 3.05) is 0 Å². The molecule has 0 bridgehead atoms. The first kappa shape index (κ1) is 12.1. The lowest BCUT2D eigenvalue weighted by molar-refractivity contribution is 0.234. The summed E-state index contributed by atoms with van der Waals surface area (Å²) in [5.41, 5.74) is 1.70. The van der Waals surface area contributed by atoms with E-state index in [9.17, 15) is 0 Å². The van der Waals surface area contributed by atoms with Crippen LogP contribution in [0.4, 0.5) is 0 Å². The smallest absolute Gasteiger partial charge is 0.0305 e. The topological polar surface area (TPSA) is 12.0 Å². The van der Waals surface area contributed by atoms with Gasteiger partial charge in [-0.3, -0.25) is 0 Å². The number of hydrogen-bond acceptors (Lipinski definition) is 2. The second kappa shape index (κ2) is 4.89. The normalized spacial score (nSPS) is 20.2. The van der Waals surface area contributed by atoms with Crippen molar-refractivity contribution in [3.05, 3.63) is 22.4 Å². The van der Waals surface area contributed by atoms with Crippen LogP contribution in [0.2, 0.25) is 0 Å². The van der Waals surface area contributed by atoms with Crippen LogP contribution in [0.25, 0.3) is 0 Å². The van der Waals surface area contributed by atoms with E-state index < -0.39 is 0 Å². The van der Waals surface area contributed by atoms with Gasteiger partial charge in [-0.2, -0.15) is 11.3 Å². The van der Waals surface area contributed by atoms with E-state index in [-0.39, 0.29) is 5.54 Å². The first-order valence-electron chi connectivity index (χ1n) is 6.39. The van der Waals surface area contributed by atoms with Gasteiger partial charge in [0.15, 0.2) is 0 Å². The van der Waals surface area contributed by atoms with E-state index in [4.69, 9.17) is 0 Å². The van der Waals surface area contributed by atoms with Crippen molar-refractivity contribution in [3.63, 3.8) is 0 Å². The second-order valence-corrected chi connectivity index (χ2v) is 6.41. The van der Waals surface area contributed by atoms with Gasteiger partial charge in [-0.15, -0.1) is 0 Å². The molecule has 2 rings (SSSR count). The van der Waals surface area contributed by atoms with Crippen LogP contribution in [0.5, 0.6) is 0 Å². The fourth-order valence-electron chi connectivity index (χ4n) is 2.93. The molecule has 0 saturated heterocycles. The molecule has 1 N–H and O–H groups in total. The van der Waals surface area contributed by atoms with Crippen LogP contribution in [-0.4, -0.2) is 5.54 Å². The monoisotopic (exact) mass is 237 g/mol. The summed E-state index contributed by atoms with van der Waals surface area (Å²) >= 11 is 1.79. The number of hydrogen-bond donors (Lipinski definition) is 1. The lowest BCUT2D eigenvalue weighted by Gasteiger charge is -2.35. The molecule has 0 radical (unpaired) electrons. The van der Waals surface area contributed by atoms with Crippen LogP contribution >= 0.6 is 11.3 Å². The van der Waals surface area contributed by atoms with Crippen molar-refractivity contribution in [1.82, 2.24) is 5.32 Å². The maximum absolute atomic E-state index is 3.81. The van der Waals surface area contributed by atoms with E-state index in [0.717, 1.165) is 5.92 Å². The molecule has 1 saturated carbocycles. The van der Waals surface area contributed by atoms with Gasteiger partial charge in [0.1, 0.15) is 0 Å². The van der Waals surface area contributed by atoms with E-state index in [1.54, 1.807) is 11.3 Å². The van der Waals surface area contributed by atoms with E-state index in [1.165, 1.54) is 31.2 Å². The molecule has 1 nitrogen and oxygen atoms in total. The van der Waals surface area contributed by atoms with Crippen molar-refractivity contribution in [3.8, 4) is 0 Å². The highest BCUT2D eigenvalue weighted by molar-refractivity contribution is 7.07. The fourth-order valence-corrected chi connectivity index (χ4v) is 3.68. The molecule has 16 heavy (non-hydrogen) atoms. The van der Waals surface area contributed by atoms with Crippen LogP contribution in [0.15, 0.2) is 16.8 Å². The Labute approximate surface area is 103 Å². The minimum Gasteiger partial charge on any atom is -0.305 e. The van der Waals surface area contributed by atoms with Crippen molar-refractivity contribution < 1.29 is 0 Å². The molecule has 2 heteroatoms. The van der Waals surface area contributed by atoms with Crippen molar-refractivity contribution >= 4 is 11.3 Å². The Morgan fingerprint density at radius 3 is 2.62 bits per heavy atom. The quantitative estimate of drug-likeness (QED) is 0.820. The first-order valence-corrected chi connectivity index (χ1v) is 7.33. The summed E-state index contributed by atoms with van der Waals surface area (Å²) in [6.07, 6.45) is 5.64. The molecule has 1 aliphatic rings. The molecule has 1 aliphatic carbocycles. The molecule has 0 spiro atoms. The van der Waals surface area contributed by atoms with Gasteiger partial charge >= 0.3 is 0 Å². The zero-order valence-electron chi connectivity index (χ0n) is 10.6. The Kier molecular flexibility index (Phi) is 3.70. The zero-order chi connectivity index (χ0) is 11.6. The summed E-state index contributed by atoms with van der Waals surface area (Å²) in [7, 11) is 0. The van der Waals surface area contributed by atoms with Gasteiger partial charge in [-0.25, -0.2) is 0 Å². The molecule has 0 aliphatic heterocycles. The Morgan fingerprint density at radius 2 is 2.06 bits per heavy atom. The zero-order valence-corrected chi connectivity index (χ0v) is 11.4. The summed E-state index contributed by atoms with van der Waals surface area (Å²) in [5.74, 6) is 0.855. The van der Waals surface area contributed by atoms with Gasteiger partial charge in [-0.1, -0.05) is 12.8 Å². The lowest BCUT2D eigenvalue weighted by Crippen LogP contribution is -2.46. The molecule has 1 aromatic heterocycles. The molecule has 1 heterocycles. The second-order valence-electron chi connectivity index (χ2n) is 5.63. The highest BCUT2D eigenvalue weighted by atomic mass is 32.1. The fraction of sp³-hybridized carbons (Fsp3) is 0.714. The summed E-state index contributed by atoms with van der Waals surface area (Å²) in [4.78, 5) is 0. The Morgan fingerprint density at radius 1 is 1.38 bits per heavy atom. The summed E-state index contributed by atoms with van der Waals surface area (Å²) in [6.45, 7) is 7.01. The minimum atomic E-state index is 0.276. The third-order valence-electron chi connectivity index (χ3n) is 4.01. The highest BCUT2D eigenvalue weighted by Crippen LogP contribution is 2.35. The molecular weight excluding hydrogens is 214 g/mol. The largest absolute Gasteiger partial charge is 0.305 e. The lowest BCUT2D eigenvalue weighted by atomic mass is 9.85. The molecule has 1 atom stereocenters. The minimum absolute atomic E-state index is 0.276. The van der Waals surface area contributed by atoms with E-state index >= 15 is 0 Å². The van der Waals surface area contributed by atoms with Gasteiger partial charge in [0.25, 0.3) is 0 Å². The van der Waals surface area contributed by atoms with E-state index in [1.807, 2.05) is 0 Å². The van der Waals surface area contributed by atoms with E-state index in [2.05, 4.69) is 42.9 Å². The average Bonchev–Trinajstić information content (AvgIpc) is 2.91. The van der Waals surface area contributed by atoms with Gasteiger partial charge < -0.3 is 5.32 Å². The molecule has 0 aromatic carbocycles. The van der Waals surface area contributed by atoms with Crippen molar-refractivity contribution in [1.29, 1.82) is 0 Å².